The number of rotatable bonds is 4. The highest BCUT2D eigenvalue weighted by Crippen LogP contribution is 2.32. The number of carbonyl (C=O) groups excluding carboxylic acids is 1. The first kappa shape index (κ1) is 18.2. The number of benzene rings is 1. The molecule has 2 heterocycles. The average molecular weight is 422 g/mol. The summed E-state index contributed by atoms with van der Waals surface area (Å²) in [5.41, 5.74) is 6.60. The number of nitrogens with two attached hydrogens (primary N) is 1. The largest absolute Gasteiger partial charge is 0.450 e. The molecule has 2 N–H and O–H groups in total. The highest BCUT2D eigenvalue weighted by Gasteiger charge is 2.25. The Morgan fingerprint density at radius 1 is 1.19 bits per heavy atom. The SMILES string of the molecule is CCOC(=O)N1CCN(c2ncnc(Oc3ccc(Br)cc3)c2N)CC1. The Labute approximate surface area is 160 Å². The topological polar surface area (TPSA) is 93.8 Å². The fourth-order valence-corrected chi connectivity index (χ4v) is 2.90. The summed E-state index contributed by atoms with van der Waals surface area (Å²) in [5.74, 6) is 1.55. The van der Waals surface area contributed by atoms with Crippen LogP contribution in [0.25, 0.3) is 0 Å². The molecule has 26 heavy (non-hydrogen) atoms. The van der Waals surface area contributed by atoms with Gasteiger partial charge in [0.05, 0.1) is 6.61 Å². The number of ether oxygens (including phenoxy) is 2. The van der Waals surface area contributed by atoms with Crippen molar-refractivity contribution in [1.29, 1.82) is 0 Å². The highest BCUT2D eigenvalue weighted by atomic mass is 79.9. The van der Waals surface area contributed by atoms with Crippen LogP contribution in [0.3, 0.4) is 0 Å². The van der Waals surface area contributed by atoms with E-state index < -0.39 is 0 Å². The zero-order valence-electron chi connectivity index (χ0n) is 14.4. The van der Waals surface area contributed by atoms with E-state index in [4.69, 9.17) is 15.2 Å². The van der Waals surface area contributed by atoms with Crippen LogP contribution in [0.4, 0.5) is 16.3 Å². The Morgan fingerprint density at radius 2 is 1.88 bits per heavy atom. The third-order valence-corrected chi connectivity index (χ3v) is 4.49. The van der Waals surface area contributed by atoms with Crippen LogP contribution in [0.1, 0.15) is 6.92 Å². The Bertz CT molecular complexity index is 763. The molecular formula is C17H20BrN5O3. The summed E-state index contributed by atoms with van der Waals surface area (Å²) < 4.78 is 11.8. The predicted octanol–water partition coefficient (Wildman–Crippen LogP) is 2.89. The van der Waals surface area contributed by atoms with E-state index in [9.17, 15) is 4.79 Å². The molecule has 0 radical (unpaired) electrons. The van der Waals surface area contributed by atoms with Crippen LogP contribution in [0.15, 0.2) is 35.1 Å². The molecule has 1 fully saturated rings. The van der Waals surface area contributed by atoms with Crippen molar-refractivity contribution < 1.29 is 14.3 Å². The van der Waals surface area contributed by atoms with E-state index in [0.717, 1.165) is 4.47 Å². The van der Waals surface area contributed by atoms with Crippen LogP contribution >= 0.6 is 15.9 Å². The minimum absolute atomic E-state index is 0.290. The Balaban J connectivity index is 1.70. The second-order valence-electron chi connectivity index (χ2n) is 5.65. The molecule has 0 saturated carbocycles. The van der Waals surface area contributed by atoms with E-state index in [-0.39, 0.29) is 6.09 Å². The van der Waals surface area contributed by atoms with Gasteiger partial charge in [-0.2, -0.15) is 4.98 Å². The quantitative estimate of drug-likeness (QED) is 0.810. The second-order valence-corrected chi connectivity index (χ2v) is 6.56. The number of aromatic nitrogens is 2. The fraction of sp³-hybridized carbons (Fsp3) is 0.353. The number of piperazine rings is 1. The third-order valence-electron chi connectivity index (χ3n) is 3.96. The molecule has 1 aromatic heterocycles. The molecule has 0 atom stereocenters. The fourth-order valence-electron chi connectivity index (χ4n) is 2.63. The summed E-state index contributed by atoms with van der Waals surface area (Å²) in [6, 6.07) is 7.40. The van der Waals surface area contributed by atoms with Gasteiger partial charge in [-0.25, -0.2) is 9.78 Å². The van der Waals surface area contributed by atoms with Gasteiger partial charge in [0, 0.05) is 30.7 Å². The van der Waals surface area contributed by atoms with Crippen molar-refractivity contribution in [3.05, 3.63) is 35.1 Å². The van der Waals surface area contributed by atoms with Gasteiger partial charge < -0.3 is 25.0 Å². The van der Waals surface area contributed by atoms with Crippen molar-refractivity contribution >= 4 is 33.5 Å². The summed E-state index contributed by atoms with van der Waals surface area (Å²) in [6.45, 7) is 4.48. The van der Waals surface area contributed by atoms with Crippen LogP contribution in [0, 0.1) is 0 Å². The molecule has 0 unspecified atom stereocenters. The van der Waals surface area contributed by atoms with E-state index >= 15 is 0 Å². The van der Waals surface area contributed by atoms with Gasteiger partial charge in [-0.15, -0.1) is 0 Å². The molecular weight excluding hydrogens is 402 g/mol. The predicted molar refractivity (Wildman–Crippen MR) is 101 cm³/mol. The van der Waals surface area contributed by atoms with Crippen molar-refractivity contribution in [3.63, 3.8) is 0 Å². The van der Waals surface area contributed by atoms with Gasteiger partial charge >= 0.3 is 6.09 Å². The first-order valence-electron chi connectivity index (χ1n) is 8.29. The van der Waals surface area contributed by atoms with Gasteiger partial charge in [-0.05, 0) is 31.2 Å². The Kier molecular flexibility index (Phi) is 5.77. The van der Waals surface area contributed by atoms with Crippen molar-refractivity contribution in [2.45, 2.75) is 6.92 Å². The van der Waals surface area contributed by atoms with Gasteiger partial charge in [0.2, 0.25) is 5.88 Å². The molecule has 138 valence electrons. The van der Waals surface area contributed by atoms with Gasteiger partial charge in [-0.1, -0.05) is 15.9 Å². The molecule has 1 aromatic carbocycles. The maximum atomic E-state index is 11.8. The van der Waals surface area contributed by atoms with Crippen molar-refractivity contribution in [2.75, 3.05) is 43.4 Å². The minimum Gasteiger partial charge on any atom is -0.450 e. The van der Waals surface area contributed by atoms with E-state index in [1.54, 1.807) is 11.8 Å². The lowest BCUT2D eigenvalue weighted by Crippen LogP contribution is -2.49. The van der Waals surface area contributed by atoms with Crippen LogP contribution in [0.5, 0.6) is 11.6 Å². The molecule has 1 aliphatic rings. The lowest BCUT2D eigenvalue weighted by molar-refractivity contribution is 0.105. The van der Waals surface area contributed by atoms with E-state index in [1.807, 2.05) is 29.2 Å². The minimum atomic E-state index is -0.290. The Morgan fingerprint density at radius 3 is 2.54 bits per heavy atom. The first-order chi connectivity index (χ1) is 12.6. The van der Waals surface area contributed by atoms with Crippen LogP contribution < -0.4 is 15.4 Å². The second kappa shape index (κ2) is 8.22. The number of nitrogen functional groups attached to an aromatic ring is 1. The van der Waals surface area contributed by atoms with Crippen LogP contribution in [-0.4, -0.2) is 53.7 Å². The van der Waals surface area contributed by atoms with Gasteiger partial charge in [0.1, 0.15) is 17.8 Å². The number of hydrogen-bond donors (Lipinski definition) is 1. The van der Waals surface area contributed by atoms with Crippen molar-refractivity contribution in [3.8, 4) is 11.6 Å². The number of anilines is 2. The number of nitrogens with zero attached hydrogens (tertiary/aromatic N) is 4. The molecule has 2 aromatic rings. The lowest BCUT2D eigenvalue weighted by atomic mass is 10.3. The molecule has 1 saturated heterocycles. The highest BCUT2D eigenvalue weighted by molar-refractivity contribution is 9.10. The van der Waals surface area contributed by atoms with Gasteiger partial charge in [0.25, 0.3) is 0 Å². The lowest BCUT2D eigenvalue weighted by Gasteiger charge is -2.35. The van der Waals surface area contributed by atoms with Crippen LogP contribution in [-0.2, 0) is 4.74 Å². The molecule has 1 amide bonds. The summed E-state index contributed by atoms with van der Waals surface area (Å²) in [6.07, 6.45) is 1.14. The smallest absolute Gasteiger partial charge is 0.409 e. The number of halogens is 1. The van der Waals surface area contributed by atoms with Gasteiger partial charge in [-0.3, -0.25) is 0 Å². The summed E-state index contributed by atoms with van der Waals surface area (Å²) in [7, 11) is 0. The molecule has 0 spiro atoms. The summed E-state index contributed by atoms with van der Waals surface area (Å²) in [4.78, 5) is 23.9. The van der Waals surface area contributed by atoms with Crippen molar-refractivity contribution in [1.82, 2.24) is 14.9 Å². The number of amides is 1. The normalized spacial score (nSPS) is 14.2. The molecule has 9 heteroatoms. The first-order valence-corrected chi connectivity index (χ1v) is 9.08. The standard InChI is InChI=1S/C17H20BrN5O3/c1-2-25-17(24)23-9-7-22(8-10-23)15-14(19)16(21-11-20-15)26-13-5-3-12(18)4-6-13/h3-6,11H,2,7-10,19H2,1H3. The van der Waals surface area contributed by atoms with E-state index in [0.29, 0.717) is 55.9 Å². The number of hydrogen-bond acceptors (Lipinski definition) is 7. The average Bonchev–Trinajstić information content (AvgIpc) is 2.66. The number of carbonyl (C=O) groups is 1. The molecule has 0 bridgehead atoms. The van der Waals surface area contributed by atoms with E-state index in [1.165, 1.54) is 6.33 Å². The molecule has 3 rings (SSSR count). The maximum absolute atomic E-state index is 11.8. The maximum Gasteiger partial charge on any atom is 0.409 e. The summed E-state index contributed by atoms with van der Waals surface area (Å²) >= 11 is 3.38. The molecule has 8 nitrogen and oxygen atoms in total. The zero-order valence-corrected chi connectivity index (χ0v) is 16.0. The molecule has 0 aliphatic carbocycles. The van der Waals surface area contributed by atoms with Crippen LogP contribution in [0.2, 0.25) is 0 Å². The monoisotopic (exact) mass is 421 g/mol. The van der Waals surface area contributed by atoms with Gasteiger partial charge in [0.15, 0.2) is 5.82 Å². The summed E-state index contributed by atoms with van der Waals surface area (Å²) in [5, 5.41) is 0. The van der Waals surface area contributed by atoms with E-state index in [2.05, 4.69) is 25.9 Å². The molecule has 1 aliphatic heterocycles. The Hall–Kier alpha value is -2.55. The third kappa shape index (κ3) is 4.16. The van der Waals surface area contributed by atoms with Crippen molar-refractivity contribution in [2.24, 2.45) is 0 Å². The zero-order chi connectivity index (χ0) is 18.5.